The molecule has 1 amide bonds. The Balaban J connectivity index is 3.06. The first-order valence-corrected chi connectivity index (χ1v) is 6.45. The van der Waals surface area contributed by atoms with Crippen LogP contribution in [-0.4, -0.2) is 31.5 Å². The number of halogens is 1. The molecule has 0 saturated carbocycles. The minimum Gasteiger partial charge on any atom is -0.398 e. The number of nitrogen functional groups attached to an aromatic ring is 1. The van der Waals surface area contributed by atoms with E-state index in [0.29, 0.717) is 12.2 Å². The zero-order chi connectivity index (χ0) is 13.0. The fourth-order valence-electron chi connectivity index (χ4n) is 1.43. The van der Waals surface area contributed by atoms with Gasteiger partial charge in [-0.3, -0.25) is 4.79 Å². The molecule has 1 aromatic carbocycles. The molecule has 4 nitrogen and oxygen atoms in total. The second-order valence-electron chi connectivity index (χ2n) is 3.67. The van der Waals surface area contributed by atoms with E-state index in [-0.39, 0.29) is 11.3 Å². The molecule has 0 bridgehead atoms. The van der Waals surface area contributed by atoms with Gasteiger partial charge in [0.1, 0.15) is 5.82 Å². The van der Waals surface area contributed by atoms with Crippen LogP contribution < -0.4 is 16.4 Å². The lowest BCUT2D eigenvalue weighted by Crippen LogP contribution is -2.23. The molecule has 0 aliphatic heterocycles. The second kappa shape index (κ2) is 5.77. The lowest BCUT2D eigenvalue weighted by Gasteiger charge is -2.20. The van der Waals surface area contributed by atoms with Crippen molar-refractivity contribution in [2.75, 3.05) is 36.2 Å². The van der Waals surface area contributed by atoms with Crippen molar-refractivity contribution in [2.24, 2.45) is 5.73 Å². The van der Waals surface area contributed by atoms with Crippen LogP contribution in [0.25, 0.3) is 0 Å². The highest BCUT2D eigenvalue weighted by Gasteiger charge is 2.14. The van der Waals surface area contributed by atoms with Gasteiger partial charge in [0, 0.05) is 25.0 Å². The molecule has 0 heterocycles. The van der Waals surface area contributed by atoms with Crippen molar-refractivity contribution in [3.63, 3.8) is 0 Å². The quantitative estimate of drug-likeness (QED) is 0.780. The van der Waals surface area contributed by atoms with Crippen LogP contribution in [0.3, 0.4) is 0 Å². The Hall–Kier alpha value is -1.43. The Morgan fingerprint density at radius 2 is 2.18 bits per heavy atom. The number of benzene rings is 1. The van der Waals surface area contributed by atoms with Crippen molar-refractivity contribution in [1.29, 1.82) is 0 Å². The highest BCUT2D eigenvalue weighted by molar-refractivity contribution is 7.98. The van der Waals surface area contributed by atoms with Crippen LogP contribution in [0, 0.1) is 5.82 Å². The highest BCUT2D eigenvalue weighted by Crippen LogP contribution is 2.24. The Morgan fingerprint density at radius 3 is 2.71 bits per heavy atom. The first-order chi connectivity index (χ1) is 7.97. The Morgan fingerprint density at radius 1 is 1.53 bits per heavy atom. The topological polar surface area (TPSA) is 72.3 Å². The Bertz CT molecular complexity index is 425. The van der Waals surface area contributed by atoms with Crippen LogP contribution >= 0.6 is 11.8 Å². The SMILES string of the molecule is CSCCN(C)c1cc(C(N)=O)c(N)cc1F. The van der Waals surface area contributed by atoms with E-state index in [1.54, 1.807) is 23.7 Å². The third-order valence-electron chi connectivity index (χ3n) is 2.43. The van der Waals surface area contributed by atoms with Gasteiger partial charge in [0.15, 0.2) is 0 Å². The van der Waals surface area contributed by atoms with Gasteiger partial charge in [0.05, 0.1) is 11.3 Å². The maximum Gasteiger partial charge on any atom is 0.250 e. The first-order valence-electron chi connectivity index (χ1n) is 5.06. The summed E-state index contributed by atoms with van der Waals surface area (Å²) in [7, 11) is 1.76. The van der Waals surface area contributed by atoms with Crippen LogP contribution in [0.1, 0.15) is 10.4 Å². The molecule has 0 fully saturated rings. The van der Waals surface area contributed by atoms with Crippen molar-refractivity contribution >= 4 is 29.0 Å². The molecule has 0 radical (unpaired) electrons. The number of amides is 1. The molecule has 0 unspecified atom stereocenters. The molecule has 17 heavy (non-hydrogen) atoms. The molecule has 1 aromatic rings. The predicted molar refractivity (Wildman–Crippen MR) is 71.0 cm³/mol. The number of primary amides is 1. The molecule has 0 atom stereocenters. The third-order valence-corrected chi connectivity index (χ3v) is 3.02. The van der Waals surface area contributed by atoms with Crippen molar-refractivity contribution < 1.29 is 9.18 Å². The van der Waals surface area contributed by atoms with Gasteiger partial charge >= 0.3 is 0 Å². The highest BCUT2D eigenvalue weighted by atomic mass is 32.2. The molecule has 0 saturated heterocycles. The van der Waals surface area contributed by atoms with Gasteiger partial charge in [0.25, 0.3) is 5.91 Å². The van der Waals surface area contributed by atoms with Crippen LogP contribution in [-0.2, 0) is 0 Å². The lowest BCUT2D eigenvalue weighted by atomic mass is 10.1. The van der Waals surface area contributed by atoms with Crippen molar-refractivity contribution in [1.82, 2.24) is 0 Å². The fraction of sp³-hybridized carbons (Fsp3) is 0.364. The van der Waals surface area contributed by atoms with E-state index in [1.165, 1.54) is 6.07 Å². The summed E-state index contributed by atoms with van der Waals surface area (Å²) in [5.74, 6) is -0.232. The van der Waals surface area contributed by atoms with E-state index in [0.717, 1.165) is 11.8 Å². The molecule has 94 valence electrons. The summed E-state index contributed by atoms with van der Waals surface area (Å²) in [6.07, 6.45) is 1.97. The average Bonchev–Trinajstić information content (AvgIpc) is 2.25. The normalized spacial score (nSPS) is 10.3. The van der Waals surface area contributed by atoms with Gasteiger partial charge < -0.3 is 16.4 Å². The largest absolute Gasteiger partial charge is 0.398 e. The zero-order valence-electron chi connectivity index (χ0n) is 9.87. The number of carbonyl (C=O) groups excluding carboxylic acids is 1. The fourth-order valence-corrected chi connectivity index (χ4v) is 1.89. The summed E-state index contributed by atoms with van der Waals surface area (Å²) >= 11 is 1.66. The minimum absolute atomic E-state index is 0.0667. The summed E-state index contributed by atoms with van der Waals surface area (Å²) in [5.41, 5.74) is 11.3. The maximum atomic E-state index is 13.7. The van der Waals surface area contributed by atoms with Crippen LogP contribution in [0.4, 0.5) is 15.8 Å². The molecule has 0 aliphatic carbocycles. The van der Waals surface area contributed by atoms with Crippen molar-refractivity contribution in [3.05, 3.63) is 23.5 Å². The van der Waals surface area contributed by atoms with E-state index < -0.39 is 11.7 Å². The van der Waals surface area contributed by atoms with Crippen LogP contribution in [0.15, 0.2) is 12.1 Å². The summed E-state index contributed by atoms with van der Waals surface area (Å²) in [4.78, 5) is 12.9. The molecule has 0 aliphatic rings. The van der Waals surface area contributed by atoms with Gasteiger partial charge in [-0.2, -0.15) is 11.8 Å². The van der Waals surface area contributed by atoms with Crippen molar-refractivity contribution in [2.45, 2.75) is 0 Å². The molecule has 0 spiro atoms. The number of thioether (sulfide) groups is 1. The minimum atomic E-state index is -0.651. The molecular weight excluding hydrogens is 241 g/mol. The number of nitrogens with zero attached hydrogens (tertiary/aromatic N) is 1. The monoisotopic (exact) mass is 257 g/mol. The Kier molecular flexibility index (Phi) is 4.62. The molecule has 6 heteroatoms. The zero-order valence-corrected chi connectivity index (χ0v) is 10.7. The molecule has 4 N–H and O–H groups in total. The summed E-state index contributed by atoms with van der Waals surface area (Å²) in [6, 6.07) is 2.53. The number of carbonyl (C=O) groups is 1. The summed E-state index contributed by atoms with van der Waals surface area (Å²) < 4.78 is 13.7. The second-order valence-corrected chi connectivity index (χ2v) is 4.66. The number of anilines is 2. The van der Waals surface area contributed by atoms with Crippen LogP contribution in [0.2, 0.25) is 0 Å². The molecular formula is C11H16FN3OS. The predicted octanol–water partition coefficient (Wildman–Crippen LogP) is 1.31. The number of hydrogen-bond donors (Lipinski definition) is 2. The third kappa shape index (κ3) is 3.26. The van der Waals surface area contributed by atoms with Gasteiger partial charge in [-0.1, -0.05) is 0 Å². The maximum absolute atomic E-state index is 13.7. The smallest absolute Gasteiger partial charge is 0.250 e. The number of hydrogen-bond acceptors (Lipinski definition) is 4. The van der Waals surface area contributed by atoms with E-state index in [4.69, 9.17) is 11.5 Å². The average molecular weight is 257 g/mol. The van der Waals surface area contributed by atoms with Gasteiger partial charge in [-0.05, 0) is 18.4 Å². The lowest BCUT2D eigenvalue weighted by molar-refractivity contribution is 0.100. The van der Waals surface area contributed by atoms with E-state index in [1.807, 2.05) is 6.26 Å². The Labute approximate surface area is 104 Å². The van der Waals surface area contributed by atoms with E-state index in [9.17, 15) is 9.18 Å². The van der Waals surface area contributed by atoms with Crippen molar-refractivity contribution in [3.8, 4) is 0 Å². The van der Waals surface area contributed by atoms with Gasteiger partial charge in [-0.25, -0.2) is 4.39 Å². The molecule has 1 rings (SSSR count). The molecule has 0 aromatic heterocycles. The summed E-state index contributed by atoms with van der Waals surface area (Å²) in [6.45, 7) is 0.681. The van der Waals surface area contributed by atoms with Gasteiger partial charge in [0.2, 0.25) is 0 Å². The van der Waals surface area contributed by atoms with E-state index in [2.05, 4.69) is 0 Å². The number of nitrogens with two attached hydrogens (primary N) is 2. The van der Waals surface area contributed by atoms with Crippen LogP contribution in [0.5, 0.6) is 0 Å². The number of rotatable bonds is 5. The first kappa shape index (κ1) is 13.6. The van der Waals surface area contributed by atoms with Gasteiger partial charge in [-0.15, -0.1) is 0 Å². The summed E-state index contributed by atoms with van der Waals surface area (Å²) in [5, 5.41) is 0. The van der Waals surface area contributed by atoms with E-state index >= 15 is 0 Å². The standard InChI is InChI=1S/C11H16FN3OS/c1-15(3-4-17-2)10-5-7(11(14)16)9(13)6-8(10)12/h5-6H,3-4,13H2,1-2H3,(H2,14,16).